The summed E-state index contributed by atoms with van der Waals surface area (Å²) in [4.78, 5) is 19.5. The number of fused-ring (bicyclic) bond motifs is 3. The lowest BCUT2D eigenvalue weighted by Gasteiger charge is -2.31. The van der Waals surface area contributed by atoms with Gasteiger partial charge in [0.05, 0.1) is 22.8 Å². The SMILES string of the molecule is CCSc1nnc2c(n1)O[C@@H](c1cc(Cl)cc(Br)c1OC)N(C(=O)CC)c1ccccc1-2. The maximum absolute atomic E-state index is 13.3. The summed E-state index contributed by atoms with van der Waals surface area (Å²) in [6.45, 7) is 3.81. The van der Waals surface area contributed by atoms with Crippen LogP contribution in [0.1, 0.15) is 32.1 Å². The number of ether oxygens (including phenoxy) is 2. The minimum absolute atomic E-state index is 0.135. The molecule has 7 nitrogen and oxygen atoms in total. The van der Waals surface area contributed by atoms with Crippen LogP contribution in [-0.4, -0.2) is 34.0 Å². The lowest BCUT2D eigenvalue weighted by molar-refractivity contribution is -0.120. The molecule has 0 N–H and O–H groups in total. The van der Waals surface area contributed by atoms with Crippen LogP contribution < -0.4 is 14.4 Å². The van der Waals surface area contributed by atoms with Crippen molar-refractivity contribution in [1.82, 2.24) is 15.2 Å². The number of aromatic nitrogens is 3. The van der Waals surface area contributed by atoms with E-state index >= 15 is 0 Å². The number of carbonyl (C=O) groups excluding carboxylic acids is 1. The molecule has 10 heteroatoms. The van der Waals surface area contributed by atoms with E-state index in [-0.39, 0.29) is 18.2 Å². The maximum atomic E-state index is 13.3. The quantitative estimate of drug-likeness (QED) is 0.376. The standard InChI is InChI=1S/C22H20BrClN4O3S/c1-4-17(29)28-16-9-7-6-8-13(16)18-20(25-22(27-26-18)32-5-2)31-21(28)14-10-12(24)11-15(23)19(14)30-3/h6-11,21H,4-5H2,1-3H3/t21-/m0/s1. The number of amides is 1. The van der Waals surface area contributed by atoms with Gasteiger partial charge in [0.1, 0.15) is 5.75 Å². The predicted octanol–water partition coefficient (Wildman–Crippen LogP) is 5.91. The molecular weight excluding hydrogens is 516 g/mol. The molecule has 0 fully saturated rings. The second-order valence-corrected chi connectivity index (χ2v) is 9.32. The van der Waals surface area contributed by atoms with Gasteiger partial charge in [-0.15, -0.1) is 10.2 Å². The molecule has 1 atom stereocenters. The number of rotatable bonds is 5. The normalized spacial score (nSPS) is 14.8. The first-order chi connectivity index (χ1) is 15.5. The van der Waals surface area contributed by atoms with Crippen molar-refractivity contribution >= 4 is 50.9 Å². The number of benzene rings is 2. The summed E-state index contributed by atoms with van der Waals surface area (Å²) in [6.07, 6.45) is -0.615. The van der Waals surface area contributed by atoms with E-state index in [4.69, 9.17) is 21.1 Å². The van der Waals surface area contributed by atoms with Gasteiger partial charge in [0.2, 0.25) is 23.2 Å². The van der Waals surface area contributed by atoms with Gasteiger partial charge in [-0.2, -0.15) is 4.98 Å². The molecule has 3 aromatic rings. The average molecular weight is 536 g/mol. The molecule has 4 rings (SSSR count). The Balaban J connectivity index is 2.01. The Labute approximate surface area is 203 Å². The first kappa shape index (κ1) is 22.8. The number of nitrogens with zero attached hydrogens (tertiary/aromatic N) is 4. The van der Waals surface area contributed by atoms with Gasteiger partial charge >= 0.3 is 0 Å². The highest BCUT2D eigenvalue weighted by Crippen LogP contribution is 2.46. The smallest absolute Gasteiger partial charge is 0.247 e. The van der Waals surface area contributed by atoms with Crippen LogP contribution in [0.5, 0.6) is 11.6 Å². The minimum atomic E-state index is -0.883. The number of carbonyl (C=O) groups is 1. The van der Waals surface area contributed by atoms with Crippen LogP contribution in [0, 0.1) is 0 Å². The van der Waals surface area contributed by atoms with Crippen LogP contribution in [0.4, 0.5) is 5.69 Å². The van der Waals surface area contributed by atoms with E-state index in [1.165, 1.54) is 11.8 Å². The van der Waals surface area contributed by atoms with Gasteiger partial charge in [-0.05, 0) is 39.9 Å². The molecule has 0 radical (unpaired) electrons. The van der Waals surface area contributed by atoms with Crippen molar-refractivity contribution in [3.05, 3.63) is 51.5 Å². The molecule has 0 spiro atoms. The minimum Gasteiger partial charge on any atom is -0.495 e. The van der Waals surface area contributed by atoms with Gasteiger partial charge in [-0.3, -0.25) is 9.69 Å². The molecule has 0 unspecified atom stereocenters. The first-order valence-corrected chi connectivity index (χ1v) is 12.1. The largest absolute Gasteiger partial charge is 0.495 e. The summed E-state index contributed by atoms with van der Waals surface area (Å²) >= 11 is 11.3. The summed E-state index contributed by atoms with van der Waals surface area (Å²) in [7, 11) is 1.56. The van der Waals surface area contributed by atoms with Crippen LogP contribution in [0.15, 0.2) is 46.0 Å². The third-order valence-electron chi connectivity index (χ3n) is 4.86. The third kappa shape index (κ3) is 4.16. The monoisotopic (exact) mass is 534 g/mol. The Morgan fingerprint density at radius 3 is 2.78 bits per heavy atom. The Morgan fingerprint density at radius 1 is 1.28 bits per heavy atom. The Bertz CT molecular complexity index is 1180. The molecule has 32 heavy (non-hydrogen) atoms. The summed E-state index contributed by atoms with van der Waals surface area (Å²) in [5.74, 6) is 1.46. The number of halogens is 2. The lowest BCUT2D eigenvalue weighted by atomic mass is 10.1. The molecule has 2 aromatic carbocycles. The molecule has 1 aliphatic heterocycles. The van der Waals surface area contributed by atoms with Crippen LogP contribution >= 0.6 is 39.3 Å². The molecule has 1 amide bonds. The number of para-hydroxylation sites is 1. The number of anilines is 1. The second kappa shape index (κ2) is 9.64. The molecule has 166 valence electrons. The molecule has 1 aliphatic rings. The summed E-state index contributed by atoms with van der Waals surface area (Å²) < 4.78 is 12.7. The van der Waals surface area contributed by atoms with Crippen molar-refractivity contribution in [1.29, 1.82) is 0 Å². The molecule has 0 saturated carbocycles. The van der Waals surface area contributed by atoms with Crippen LogP contribution in [0.25, 0.3) is 11.3 Å². The third-order valence-corrected chi connectivity index (χ3v) is 6.39. The number of hydrogen-bond donors (Lipinski definition) is 0. The van der Waals surface area contributed by atoms with Gasteiger partial charge < -0.3 is 9.47 Å². The van der Waals surface area contributed by atoms with E-state index in [1.54, 1.807) is 31.1 Å². The molecule has 1 aromatic heterocycles. The molecule has 0 saturated heterocycles. The van der Waals surface area contributed by atoms with E-state index in [0.29, 0.717) is 42.9 Å². The van der Waals surface area contributed by atoms with Gasteiger partial charge in [-0.1, -0.05) is 55.4 Å². The molecule has 0 aliphatic carbocycles. The van der Waals surface area contributed by atoms with Gasteiger partial charge in [0.25, 0.3) is 0 Å². The summed E-state index contributed by atoms with van der Waals surface area (Å²) in [5, 5.41) is 9.61. The average Bonchev–Trinajstić information content (AvgIpc) is 2.92. The zero-order valence-corrected chi connectivity index (χ0v) is 20.8. The van der Waals surface area contributed by atoms with E-state index < -0.39 is 6.23 Å². The number of methoxy groups -OCH3 is 1. The van der Waals surface area contributed by atoms with Gasteiger partial charge in [-0.25, -0.2) is 0 Å². The topological polar surface area (TPSA) is 77.4 Å². The van der Waals surface area contributed by atoms with E-state index in [0.717, 1.165) is 5.75 Å². The number of hydrogen-bond acceptors (Lipinski definition) is 7. The van der Waals surface area contributed by atoms with Crippen molar-refractivity contribution < 1.29 is 14.3 Å². The highest BCUT2D eigenvalue weighted by molar-refractivity contribution is 9.10. The maximum Gasteiger partial charge on any atom is 0.247 e. The van der Waals surface area contributed by atoms with E-state index in [1.807, 2.05) is 31.2 Å². The second-order valence-electron chi connectivity index (χ2n) is 6.80. The fraction of sp³-hybridized carbons (Fsp3) is 0.273. The number of thioether (sulfide) groups is 1. The highest BCUT2D eigenvalue weighted by Gasteiger charge is 2.37. The zero-order chi connectivity index (χ0) is 22.8. The van der Waals surface area contributed by atoms with Crippen molar-refractivity contribution in [3.63, 3.8) is 0 Å². The van der Waals surface area contributed by atoms with Crippen molar-refractivity contribution in [2.75, 3.05) is 17.8 Å². The van der Waals surface area contributed by atoms with Crippen LogP contribution in [-0.2, 0) is 4.79 Å². The summed E-state index contributed by atoms with van der Waals surface area (Å²) in [5.41, 5.74) is 2.41. The van der Waals surface area contributed by atoms with E-state index in [9.17, 15) is 4.79 Å². The van der Waals surface area contributed by atoms with Crippen LogP contribution in [0.3, 0.4) is 0 Å². The first-order valence-electron chi connectivity index (χ1n) is 9.97. The van der Waals surface area contributed by atoms with Gasteiger partial charge in [0, 0.05) is 17.0 Å². The van der Waals surface area contributed by atoms with Crippen molar-refractivity contribution in [2.45, 2.75) is 31.7 Å². The van der Waals surface area contributed by atoms with Crippen molar-refractivity contribution in [2.24, 2.45) is 0 Å². The Kier molecular flexibility index (Phi) is 6.88. The molecule has 2 heterocycles. The Morgan fingerprint density at radius 2 is 2.06 bits per heavy atom. The lowest BCUT2D eigenvalue weighted by Crippen LogP contribution is -2.37. The predicted molar refractivity (Wildman–Crippen MR) is 129 cm³/mol. The fourth-order valence-electron chi connectivity index (χ4n) is 3.53. The molecule has 0 bridgehead atoms. The highest BCUT2D eigenvalue weighted by atomic mass is 79.9. The summed E-state index contributed by atoms with van der Waals surface area (Å²) in [6, 6.07) is 10.9. The van der Waals surface area contributed by atoms with E-state index in [2.05, 4.69) is 31.1 Å². The van der Waals surface area contributed by atoms with Crippen molar-refractivity contribution in [3.8, 4) is 22.9 Å². The Hall–Kier alpha value is -2.36. The zero-order valence-electron chi connectivity index (χ0n) is 17.6. The van der Waals surface area contributed by atoms with Crippen LogP contribution in [0.2, 0.25) is 5.02 Å². The van der Waals surface area contributed by atoms with Gasteiger partial charge in [0.15, 0.2) is 5.69 Å². The fourth-order valence-corrected chi connectivity index (χ4v) is 5.03. The molecular formula is C22H20BrClN4O3S.